The Hall–Kier alpha value is -2.11. The summed E-state index contributed by atoms with van der Waals surface area (Å²) in [5.41, 5.74) is 1.24. The Labute approximate surface area is 105 Å². The molecule has 18 heavy (non-hydrogen) atoms. The van der Waals surface area contributed by atoms with Crippen molar-refractivity contribution in [2.45, 2.75) is 26.4 Å². The standard InChI is InChI=1S/C12H16N2O4/c1-8(2)9-4-5-10(7-18-12(15)13-3)11(6-9)14(16)17/h4-6,8H,7H2,1-3H3,(H,13,15). The summed E-state index contributed by atoms with van der Waals surface area (Å²) >= 11 is 0. The van der Waals surface area contributed by atoms with E-state index in [2.05, 4.69) is 5.32 Å². The van der Waals surface area contributed by atoms with Gasteiger partial charge in [0.2, 0.25) is 0 Å². The van der Waals surface area contributed by atoms with Gasteiger partial charge in [-0.15, -0.1) is 0 Å². The van der Waals surface area contributed by atoms with E-state index in [0.29, 0.717) is 5.56 Å². The predicted octanol–water partition coefficient (Wildman–Crippen LogP) is 2.57. The number of nitrogens with one attached hydrogen (secondary N) is 1. The molecule has 1 aromatic rings. The Balaban J connectivity index is 2.97. The van der Waals surface area contributed by atoms with Crippen LogP contribution in [0.2, 0.25) is 0 Å². The van der Waals surface area contributed by atoms with Gasteiger partial charge in [-0.2, -0.15) is 0 Å². The lowest BCUT2D eigenvalue weighted by Gasteiger charge is -2.08. The summed E-state index contributed by atoms with van der Waals surface area (Å²) in [6.07, 6.45) is -0.614. The first kappa shape index (κ1) is 14.0. The van der Waals surface area contributed by atoms with E-state index >= 15 is 0 Å². The van der Waals surface area contributed by atoms with Crippen LogP contribution in [0, 0.1) is 10.1 Å². The van der Waals surface area contributed by atoms with Gasteiger partial charge in [-0.3, -0.25) is 10.1 Å². The van der Waals surface area contributed by atoms with E-state index in [4.69, 9.17) is 4.74 Å². The molecule has 0 unspecified atom stereocenters. The fourth-order valence-corrected chi connectivity index (χ4v) is 1.45. The van der Waals surface area contributed by atoms with E-state index in [1.807, 2.05) is 13.8 Å². The second-order valence-electron chi connectivity index (χ2n) is 4.13. The van der Waals surface area contributed by atoms with Crippen LogP contribution in [0.4, 0.5) is 10.5 Å². The Bertz CT molecular complexity index is 457. The van der Waals surface area contributed by atoms with Gasteiger partial charge in [-0.05, 0) is 17.5 Å². The van der Waals surface area contributed by atoms with Crippen molar-refractivity contribution in [3.8, 4) is 0 Å². The molecule has 1 rings (SSSR count). The third-order valence-corrected chi connectivity index (χ3v) is 2.54. The van der Waals surface area contributed by atoms with Crippen molar-refractivity contribution in [2.24, 2.45) is 0 Å². The molecule has 0 aliphatic heterocycles. The molecule has 0 aliphatic rings. The summed E-state index contributed by atoms with van der Waals surface area (Å²) in [6.45, 7) is 3.80. The molecule has 1 amide bonds. The minimum atomic E-state index is -0.614. The van der Waals surface area contributed by atoms with Gasteiger partial charge in [0.25, 0.3) is 5.69 Å². The van der Waals surface area contributed by atoms with Crippen LogP contribution in [0.15, 0.2) is 18.2 Å². The molecule has 0 atom stereocenters. The molecular formula is C12H16N2O4. The highest BCUT2D eigenvalue weighted by molar-refractivity contribution is 5.66. The molecule has 0 heterocycles. The van der Waals surface area contributed by atoms with Gasteiger partial charge in [-0.1, -0.05) is 19.9 Å². The number of ether oxygens (including phenoxy) is 1. The summed E-state index contributed by atoms with van der Waals surface area (Å²) in [4.78, 5) is 21.4. The van der Waals surface area contributed by atoms with E-state index in [1.54, 1.807) is 12.1 Å². The first-order valence-electron chi connectivity index (χ1n) is 5.57. The van der Waals surface area contributed by atoms with Crippen molar-refractivity contribution < 1.29 is 14.5 Å². The number of carbonyl (C=O) groups is 1. The van der Waals surface area contributed by atoms with E-state index < -0.39 is 11.0 Å². The molecule has 6 heteroatoms. The maximum Gasteiger partial charge on any atom is 0.407 e. The van der Waals surface area contributed by atoms with Crippen LogP contribution in [0.3, 0.4) is 0 Å². The molecule has 0 radical (unpaired) electrons. The average Bonchev–Trinajstić information content (AvgIpc) is 2.35. The lowest BCUT2D eigenvalue weighted by Crippen LogP contribution is -2.19. The number of hydrogen-bond donors (Lipinski definition) is 1. The van der Waals surface area contributed by atoms with Gasteiger partial charge in [0.1, 0.15) is 6.61 Å². The molecule has 0 fully saturated rings. The van der Waals surface area contributed by atoms with E-state index in [-0.39, 0.29) is 18.2 Å². The van der Waals surface area contributed by atoms with E-state index in [1.165, 1.54) is 13.1 Å². The zero-order valence-electron chi connectivity index (χ0n) is 10.6. The van der Waals surface area contributed by atoms with Gasteiger partial charge >= 0.3 is 6.09 Å². The normalized spacial score (nSPS) is 10.2. The zero-order chi connectivity index (χ0) is 13.7. The highest BCUT2D eigenvalue weighted by atomic mass is 16.6. The quantitative estimate of drug-likeness (QED) is 0.659. The number of nitro groups is 1. The minimum absolute atomic E-state index is 0.0231. The molecule has 6 nitrogen and oxygen atoms in total. The molecule has 0 aromatic heterocycles. The molecule has 1 aromatic carbocycles. The van der Waals surface area contributed by atoms with Crippen molar-refractivity contribution in [1.29, 1.82) is 0 Å². The largest absolute Gasteiger partial charge is 0.444 e. The number of carbonyl (C=O) groups excluding carboxylic acids is 1. The maximum atomic E-state index is 11.0. The average molecular weight is 252 g/mol. The molecule has 1 N–H and O–H groups in total. The summed E-state index contributed by atoms with van der Waals surface area (Å²) in [6, 6.07) is 4.95. The third kappa shape index (κ3) is 3.44. The molecule has 0 saturated carbocycles. The molecule has 0 aliphatic carbocycles. The Kier molecular flexibility index (Phi) is 4.65. The van der Waals surface area contributed by atoms with Gasteiger partial charge in [0.05, 0.1) is 10.5 Å². The van der Waals surface area contributed by atoms with Crippen molar-refractivity contribution in [1.82, 2.24) is 5.32 Å². The SMILES string of the molecule is CNC(=O)OCc1ccc(C(C)C)cc1[N+](=O)[O-]. The van der Waals surface area contributed by atoms with Gasteiger partial charge < -0.3 is 10.1 Å². The fourth-order valence-electron chi connectivity index (χ4n) is 1.45. The van der Waals surface area contributed by atoms with E-state index in [0.717, 1.165) is 5.56 Å². The third-order valence-electron chi connectivity index (χ3n) is 2.54. The molecule has 98 valence electrons. The molecule has 0 bridgehead atoms. The van der Waals surface area contributed by atoms with Crippen LogP contribution >= 0.6 is 0 Å². The second-order valence-corrected chi connectivity index (χ2v) is 4.13. The highest BCUT2D eigenvalue weighted by Crippen LogP contribution is 2.25. The van der Waals surface area contributed by atoms with Crippen molar-refractivity contribution >= 4 is 11.8 Å². The van der Waals surface area contributed by atoms with Crippen LogP contribution in [-0.4, -0.2) is 18.1 Å². The van der Waals surface area contributed by atoms with Crippen LogP contribution in [0.25, 0.3) is 0 Å². The topological polar surface area (TPSA) is 81.5 Å². The van der Waals surface area contributed by atoms with E-state index in [9.17, 15) is 14.9 Å². The summed E-state index contributed by atoms with van der Waals surface area (Å²) < 4.78 is 4.81. The van der Waals surface area contributed by atoms with Gasteiger partial charge in [-0.25, -0.2) is 4.79 Å². The number of hydrogen-bond acceptors (Lipinski definition) is 4. The van der Waals surface area contributed by atoms with Crippen molar-refractivity contribution in [2.75, 3.05) is 7.05 Å². The summed E-state index contributed by atoms with van der Waals surface area (Å²) in [7, 11) is 1.43. The minimum Gasteiger partial charge on any atom is -0.444 e. The van der Waals surface area contributed by atoms with Crippen molar-refractivity contribution in [3.63, 3.8) is 0 Å². The Morgan fingerprint density at radius 1 is 1.50 bits per heavy atom. The van der Waals surface area contributed by atoms with Crippen LogP contribution in [0.1, 0.15) is 30.9 Å². The fraction of sp³-hybridized carbons (Fsp3) is 0.417. The Morgan fingerprint density at radius 2 is 2.17 bits per heavy atom. The number of benzene rings is 1. The number of nitro benzene ring substituents is 1. The smallest absolute Gasteiger partial charge is 0.407 e. The number of amides is 1. The first-order valence-corrected chi connectivity index (χ1v) is 5.57. The van der Waals surface area contributed by atoms with Crippen LogP contribution in [-0.2, 0) is 11.3 Å². The number of nitrogens with zero attached hydrogens (tertiary/aromatic N) is 1. The highest BCUT2D eigenvalue weighted by Gasteiger charge is 2.16. The Morgan fingerprint density at radius 3 is 2.67 bits per heavy atom. The van der Waals surface area contributed by atoms with Crippen LogP contribution in [0.5, 0.6) is 0 Å². The number of alkyl carbamates (subject to hydrolysis) is 1. The molecular weight excluding hydrogens is 236 g/mol. The van der Waals surface area contributed by atoms with Crippen LogP contribution < -0.4 is 5.32 Å². The summed E-state index contributed by atoms with van der Waals surface area (Å²) in [5, 5.41) is 13.2. The lowest BCUT2D eigenvalue weighted by atomic mass is 10.0. The number of rotatable bonds is 4. The predicted molar refractivity (Wildman–Crippen MR) is 66.4 cm³/mol. The summed E-state index contributed by atoms with van der Waals surface area (Å²) in [5.74, 6) is 0.206. The van der Waals surface area contributed by atoms with Gasteiger partial charge in [0, 0.05) is 13.1 Å². The maximum absolute atomic E-state index is 11.0. The zero-order valence-corrected chi connectivity index (χ0v) is 10.6. The molecule has 0 spiro atoms. The monoisotopic (exact) mass is 252 g/mol. The van der Waals surface area contributed by atoms with Crippen molar-refractivity contribution in [3.05, 3.63) is 39.4 Å². The first-order chi connectivity index (χ1) is 8.45. The van der Waals surface area contributed by atoms with Gasteiger partial charge in [0.15, 0.2) is 0 Å². The second kappa shape index (κ2) is 6.00. The molecule has 0 saturated heterocycles. The lowest BCUT2D eigenvalue weighted by molar-refractivity contribution is -0.385.